The van der Waals surface area contributed by atoms with Gasteiger partial charge in [0.05, 0.1) is 0 Å². The molecule has 0 saturated heterocycles. The summed E-state index contributed by atoms with van der Waals surface area (Å²) in [6, 6.07) is -0.0191. The number of amides is 1. The lowest BCUT2D eigenvalue weighted by Crippen LogP contribution is -2.35. The van der Waals surface area contributed by atoms with Crippen molar-refractivity contribution in [1.29, 1.82) is 0 Å². The first kappa shape index (κ1) is 11.5. The van der Waals surface area contributed by atoms with Crippen molar-refractivity contribution >= 4 is 5.91 Å². The second-order valence-electron chi connectivity index (χ2n) is 3.60. The van der Waals surface area contributed by atoms with Crippen LogP contribution in [0.1, 0.15) is 6.92 Å². The normalized spacial score (nSPS) is 17.7. The quantitative estimate of drug-likeness (QED) is 0.656. The van der Waals surface area contributed by atoms with E-state index in [0.29, 0.717) is 0 Å². The molecule has 0 aromatic rings. The Morgan fingerprint density at radius 2 is 2.47 bits per heavy atom. The van der Waals surface area contributed by atoms with Gasteiger partial charge in [-0.25, -0.2) is 0 Å². The number of nitrogens with zero attached hydrogens (tertiary/aromatic N) is 1. The molecule has 1 unspecified atom stereocenters. The molecule has 0 aliphatic carbocycles. The van der Waals surface area contributed by atoms with Crippen LogP contribution in [0.15, 0.2) is 36.2 Å². The summed E-state index contributed by atoms with van der Waals surface area (Å²) in [5, 5.41) is 2.74. The molecule has 0 radical (unpaired) electrons. The zero-order valence-electron chi connectivity index (χ0n) is 9.16. The summed E-state index contributed by atoms with van der Waals surface area (Å²) in [4.78, 5) is 13.1. The molecule has 1 atom stereocenters. The molecule has 82 valence electrons. The van der Waals surface area contributed by atoms with Crippen molar-refractivity contribution in [3.63, 3.8) is 0 Å². The topological polar surface area (TPSA) is 58.4 Å². The molecule has 3 N–H and O–H groups in total. The average molecular weight is 207 g/mol. The molecule has 4 heteroatoms. The lowest BCUT2D eigenvalue weighted by molar-refractivity contribution is -0.116. The molecule has 1 rings (SSSR count). The molecule has 1 amide bonds. The van der Waals surface area contributed by atoms with Crippen molar-refractivity contribution in [2.45, 2.75) is 13.0 Å². The lowest BCUT2D eigenvalue weighted by Gasteiger charge is -2.26. The summed E-state index contributed by atoms with van der Waals surface area (Å²) < 4.78 is 0. The maximum atomic E-state index is 11.2. The van der Waals surface area contributed by atoms with Crippen LogP contribution in [0.5, 0.6) is 0 Å². The lowest BCUT2D eigenvalue weighted by atomic mass is 10.1. The van der Waals surface area contributed by atoms with Gasteiger partial charge in [-0.3, -0.25) is 4.79 Å². The summed E-state index contributed by atoms with van der Waals surface area (Å²) in [5.74, 6) is 0.550. The first-order chi connectivity index (χ1) is 7.04. The highest BCUT2D eigenvalue weighted by molar-refractivity contribution is 5.88. The molecule has 0 saturated carbocycles. The van der Waals surface area contributed by atoms with E-state index >= 15 is 0 Å². The smallest absolute Gasteiger partial charge is 0.248 e. The predicted molar refractivity (Wildman–Crippen MR) is 60.8 cm³/mol. The second kappa shape index (κ2) is 4.79. The summed E-state index contributed by atoms with van der Waals surface area (Å²) in [5.41, 5.74) is 6.81. The van der Waals surface area contributed by atoms with Gasteiger partial charge in [0.25, 0.3) is 0 Å². The summed E-state index contributed by atoms with van der Waals surface area (Å²) in [6.45, 7) is 6.08. The average Bonchev–Trinajstić information content (AvgIpc) is 2.20. The van der Waals surface area contributed by atoms with Crippen LogP contribution < -0.4 is 11.1 Å². The molecular formula is C11H17N3O. The van der Waals surface area contributed by atoms with Gasteiger partial charge in [-0.1, -0.05) is 12.7 Å². The Balaban J connectivity index is 2.80. The Morgan fingerprint density at radius 3 is 3.00 bits per heavy atom. The Labute approximate surface area is 90.1 Å². The van der Waals surface area contributed by atoms with Crippen molar-refractivity contribution in [3.05, 3.63) is 36.2 Å². The third-order valence-electron chi connectivity index (χ3n) is 2.28. The Kier molecular flexibility index (Phi) is 3.68. The molecular weight excluding hydrogens is 190 g/mol. The number of likely N-dealkylation sites (N-methyl/N-ethyl adjacent to an activating group) is 1. The maximum absolute atomic E-state index is 11.2. The highest BCUT2D eigenvalue weighted by atomic mass is 16.1. The van der Waals surface area contributed by atoms with Crippen LogP contribution in [0, 0.1) is 0 Å². The van der Waals surface area contributed by atoms with Gasteiger partial charge < -0.3 is 16.0 Å². The van der Waals surface area contributed by atoms with Gasteiger partial charge in [-0.05, 0) is 24.6 Å². The Morgan fingerprint density at radius 1 is 1.80 bits per heavy atom. The number of hydrogen-bond donors (Lipinski definition) is 2. The third-order valence-corrected chi connectivity index (χ3v) is 2.28. The molecule has 0 fully saturated rings. The Hall–Kier alpha value is -1.55. The maximum Gasteiger partial charge on any atom is 0.248 e. The van der Waals surface area contributed by atoms with E-state index in [1.165, 1.54) is 6.08 Å². The van der Waals surface area contributed by atoms with Gasteiger partial charge in [-0.2, -0.15) is 0 Å². The van der Waals surface area contributed by atoms with Crippen LogP contribution in [-0.2, 0) is 4.79 Å². The first-order valence-corrected chi connectivity index (χ1v) is 4.86. The molecule has 0 aromatic carbocycles. The zero-order valence-corrected chi connectivity index (χ0v) is 9.16. The van der Waals surface area contributed by atoms with Crippen LogP contribution in [0.2, 0.25) is 0 Å². The SMILES string of the molecule is C=CC(=O)NC1=CC(C(C)N)=CCN1C. The molecule has 1 aliphatic rings. The van der Waals surface area contributed by atoms with Gasteiger partial charge in [0.1, 0.15) is 5.82 Å². The highest BCUT2D eigenvalue weighted by Crippen LogP contribution is 2.13. The van der Waals surface area contributed by atoms with Gasteiger partial charge in [0.2, 0.25) is 5.91 Å². The van der Waals surface area contributed by atoms with Gasteiger partial charge in [0, 0.05) is 19.6 Å². The molecule has 1 aliphatic heterocycles. The van der Waals surface area contributed by atoms with E-state index in [1.807, 2.05) is 31.0 Å². The minimum absolute atomic E-state index is 0.0191. The van der Waals surface area contributed by atoms with E-state index < -0.39 is 0 Å². The van der Waals surface area contributed by atoms with Crippen molar-refractivity contribution in [2.75, 3.05) is 13.6 Å². The monoisotopic (exact) mass is 207 g/mol. The van der Waals surface area contributed by atoms with E-state index in [4.69, 9.17) is 5.73 Å². The number of carbonyl (C=O) groups is 1. The molecule has 0 spiro atoms. The fourth-order valence-corrected chi connectivity index (χ4v) is 1.29. The van der Waals surface area contributed by atoms with Crippen LogP contribution in [0.25, 0.3) is 0 Å². The number of hydrogen-bond acceptors (Lipinski definition) is 3. The number of rotatable bonds is 3. The fraction of sp³-hybridized carbons (Fsp3) is 0.364. The van der Waals surface area contributed by atoms with Gasteiger partial charge >= 0.3 is 0 Å². The molecule has 0 bridgehead atoms. The fourth-order valence-electron chi connectivity index (χ4n) is 1.29. The number of nitrogens with two attached hydrogens (primary N) is 1. The summed E-state index contributed by atoms with van der Waals surface area (Å²) in [6.07, 6.45) is 5.18. The highest BCUT2D eigenvalue weighted by Gasteiger charge is 2.13. The van der Waals surface area contributed by atoms with Gasteiger partial charge in [-0.15, -0.1) is 0 Å². The van der Waals surface area contributed by atoms with Crippen LogP contribution >= 0.6 is 0 Å². The van der Waals surface area contributed by atoms with E-state index in [-0.39, 0.29) is 11.9 Å². The second-order valence-corrected chi connectivity index (χ2v) is 3.60. The van der Waals surface area contributed by atoms with Crippen molar-refractivity contribution < 1.29 is 4.79 Å². The van der Waals surface area contributed by atoms with E-state index in [9.17, 15) is 4.79 Å². The van der Waals surface area contributed by atoms with Crippen LogP contribution in [-0.4, -0.2) is 30.4 Å². The van der Waals surface area contributed by atoms with E-state index in [2.05, 4.69) is 11.9 Å². The van der Waals surface area contributed by atoms with Crippen LogP contribution in [0.3, 0.4) is 0 Å². The largest absolute Gasteiger partial charge is 0.357 e. The molecule has 15 heavy (non-hydrogen) atoms. The zero-order chi connectivity index (χ0) is 11.4. The molecule has 1 heterocycles. The van der Waals surface area contributed by atoms with Crippen molar-refractivity contribution in [2.24, 2.45) is 5.73 Å². The summed E-state index contributed by atoms with van der Waals surface area (Å²) in [7, 11) is 1.91. The predicted octanol–water partition coefficient (Wildman–Crippen LogP) is 0.349. The molecule has 4 nitrogen and oxygen atoms in total. The van der Waals surface area contributed by atoms with Crippen LogP contribution in [0.4, 0.5) is 0 Å². The Bertz CT molecular complexity index is 329. The van der Waals surface area contributed by atoms with Crippen molar-refractivity contribution in [3.8, 4) is 0 Å². The minimum atomic E-state index is -0.209. The number of carbonyl (C=O) groups excluding carboxylic acids is 1. The first-order valence-electron chi connectivity index (χ1n) is 4.86. The summed E-state index contributed by atoms with van der Waals surface area (Å²) >= 11 is 0. The van der Waals surface area contributed by atoms with Gasteiger partial charge in [0.15, 0.2) is 0 Å². The minimum Gasteiger partial charge on any atom is -0.357 e. The van der Waals surface area contributed by atoms with E-state index in [0.717, 1.165) is 17.9 Å². The number of nitrogens with one attached hydrogen (secondary N) is 1. The molecule has 0 aromatic heterocycles. The standard InChI is InChI=1S/C11H17N3O/c1-4-11(15)13-10-7-9(8(2)12)5-6-14(10)3/h4-5,7-8H,1,6,12H2,2-3H3,(H,13,15). The third kappa shape index (κ3) is 2.95. The van der Waals surface area contributed by atoms with E-state index in [1.54, 1.807) is 0 Å². The van der Waals surface area contributed by atoms with Crippen molar-refractivity contribution in [1.82, 2.24) is 10.2 Å².